The third kappa shape index (κ3) is 4.33. The van der Waals surface area contributed by atoms with Crippen molar-refractivity contribution in [3.8, 4) is 17.9 Å². The largest absolute Gasteiger partial charge is 0.483 e. The minimum absolute atomic E-state index is 0.108. The Morgan fingerprint density at radius 1 is 1.26 bits per heavy atom. The maximum absolute atomic E-state index is 11.8. The summed E-state index contributed by atoms with van der Waals surface area (Å²) in [6, 6.07) is 9.36. The molecule has 0 radical (unpaired) electrons. The average molecular weight is 257 g/mol. The molecule has 98 valence electrons. The maximum Gasteiger partial charge on any atom is 0.262 e. The van der Waals surface area contributed by atoms with E-state index in [1.807, 2.05) is 38.1 Å². The highest BCUT2D eigenvalue weighted by Crippen LogP contribution is 2.18. The number of ether oxygens (including phenoxy) is 1. The van der Waals surface area contributed by atoms with E-state index >= 15 is 0 Å². The quantitative estimate of drug-likeness (QED) is 0.750. The Morgan fingerprint density at radius 2 is 1.89 bits per heavy atom. The number of carbonyl (C=O) groups is 1. The van der Waals surface area contributed by atoms with Gasteiger partial charge in [0.25, 0.3) is 5.91 Å². The van der Waals surface area contributed by atoms with Gasteiger partial charge in [-0.2, -0.15) is 10.5 Å². The summed E-state index contributed by atoms with van der Waals surface area (Å²) in [5, 5.41) is 17.2. The standard InChI is InChI=1S/C14H15N3O2/c1-11-3-4-13(12(2)9-11)19-10-14(18)17(7-5-15)8-6-16/h3-4,9H,7-8,10H2,1-2H3. The number of aryl methyl sites for hydroxylation is 2. The van der Waals surface area contributed by atoms with E-state index in [9.17, 15) is 4.79 Å². The molecule has 1 rings (SSSR count). The first-order valence-electron chi connectivity index (χ1n) is 5.80. The van der Waals surface area contributed by atoms with Crippen molar-refractivity contribution in [1.29, 1.82) is 10.5 Å². The van der Waals surface area contributed by atoms with Crippen molar-refractivity contribution in [2.75, 3.05) is 19.7 Å². The molecule has 5 nitrogen and oxygen atoms in total. The molecule has 0 aromatic heterocycles. The van der Waals surface area contributed by atoms with Gasteiger partial charge in [-0.1, -0.05) is 17.7 Å². The molecule has 0 aliphatic rings. The average Bonchev–Trinajstić information content (AvgIpc) is 2.37. The Morgan fingerprint density at radius 3 is 2.42 bits per heavy atom. The van der Waals surface area contributed by atoms with Gasteiger partial charge in [-0.15, -0.1) is 0 Å². The number of nitrogens with zero attached hydrogens (tertiary/aromatic N) is 3. The highest BCUT2D eigenvalue weighted by atomic mass is 16.5. The third-order valence-corrected chi connectivity index (χ3v) is 2.56. The number of hydrogen-bond acceptors (Lipinski definition) is 4. The summed E-state index contributed by atoms with van der Waals surface area (Å²) in [7, 11) is 0. The van der Waals surface area contributed by atoms with Gasteiger partial charge in [-0.25, -0.2) is 0 Å². The lowest BCUT2D eigenvalue weighted by Crippen LogP contribution is -2.35. The van der Waals surface area contributed by atoms with Crippen LogP contribution in [0.2, 0.25) is 0 Å². The summed E-state index contributed by atoms with van der Waals surface area (Å²) >= 11 is 0. The fraction of sp³-hybridized carbons (Fsp3) is 0.357. The van der Waals surface area contributed by atoms with Gasteiger partial charge in [0.05, 0.1) is 12.1 Å². The zero-order chi connectivity index (χ0) is 14.3. The number of carbonyl (C=O) groups excluding carboxylic acids is 1. The van der Waals surface area contributed by atoms with E-state index in [1.165, 1.54) is 0 Å². The molecule has 0 fully saturated rings. The SMILES string of the molecule is Cc1ccc(OCC(=O)N(CC#N)CC#N)c(C)c1. The van der Waals surface area contributed by atoms with E-state index < -0.39 is 0 Å². The zero-order valence-corrected chi connectivity index (χ0v) is 11.0. The van der Waals surface area contributed by atoms with Crippen molar-refractivity contribution in [3.63, 3.8) is 0 Å². The van der Waals surface area contributed by atoms with Crippen LogP contribution in [0.25, 0.3) is 0 Å². The van der Waals surface area contributed by atoms with Crippen LogP contribution >= 0.6 is 0 Å². The van der Waals surface area contributed by atoms with E-state index in [0.29, 0.717) is 5.75 Å². The van der Waals surface area contributed by atoms with Gasteiger partial charge >= 0.3 is 0 Å². The normalized spacial score (nSPS) is 9.26. The number of nitriles is 2. The second kappa shape index (κ2) is 7.03. The second-order valence-electron chi connectivity index (χ2n) is 4.12. The molecular formula is C14H15N3O2. The number of rotatable bonds is 5. The summed E-state index contributed by atoms with van der Waals surface area (Å²) in [5.41, 5.74) is 2.06. The van der Waals surface area contributed by atoms with Gasteiger partial charge in [0.15, 0.2) is 6.61 Å². The molecule has 0 aliphatic carbocycles. The second-order valence-corrected chi connectivity index (χ2v) is 4.12. The van der Waals surface area contributed by atoms with Crippen LogP contribution in [0.5, 0.6) is 5.75 Å². The molecular weight excluding hydrogens is 242 g/mol. The molecule has 0 saturated carbocycles. The van der Waals surface area contributed by atoms with E-state index in [-0.39, 0.29) is 25.6 Å². The van der Waals surface area contributed by atoms with Crippen LogP contribution in [0.15, 0.2) is 18.2 Å². The maximum atomic E-state index is 11.8. The van der Waals surface area contributed by atoms with Gasteiger partial charge in [0.1, 0.15) is 18.8 Å². The summed E-state index contributed by atoms with van der Waals surface area (Å²) in [6.07, 6.45) is 0. The van der Waals surface area contributed by atoms with Crippen LogP contribution in [0.1, 0.15) is 11.1 Å². The summed E-state index contributed by atoms with van der Waals surface area (Å²) in [4.78, 5) is 12.9. The number of hydrogen-bond donors (Lipinski definition) is 0. The molecule has 0 atom stereocenters. The zero-order valence-electron chi connectivity index (χ0n) is 11.0. The van der Waals surface area contributed by atoms with Crippen molar-refractivity contribution in [2.24, 2.45) is 0 Å². The first-order valence-corrected chi connectivity index (χ1v) is 5.80. The molecule has 0 unspecified atom stereocenters. The van der Waals surface area contributed by atoms with E-state index in [2.05, 4.69) is 0 Å². The first kappa shape index (κ1) is 14.5. The molecule has 0 heterocycles. The van der Waals surface area contributed by atoms with Crippen LogP contribution in [0, 0.1) is 36.5 Å². The minimum Gasteiger partial charge on any atom is -0.483 e. The monoisotopic (exact) mass is 257 g/mol. The Labute approximate surface area is 112 Å². The van der Waals surface area contributed by atoms with Gasteiger partial charge in [-0.3, -0.25) is 4.79 Å². The Balaban J connectivity index is 2.63. The highest BCUT2D eigenvalue weighted by molar-refractivity contribution is 5.78. The molecule has 5 heteroatoms. The van der Waals surface area contributed by atoms with Crippen LogP contribution in [0.4, 0.5) is 0 Å². The molecule has 0 aliphatic heterocycles. The van der Waals surface area contributed by atoms with Crippen molar-refractivity contribution in [3.05, 3.63) is 29.3 Å². The predicted octanol–water partition coefficient (Wildman–Crippen LogP) is 1.56. The van der Waals surface area contributed by atoms with Crippen molar-refractivity contribution >= 4 is 5.91 Å². The first-order chi connectivity index (χ1) is 9.08. The van der Waals surface area contributed by atoms with Crippen LogP contribution in [0.3, 0.4) is 0 Å². The van der Waals surface area contributed by atoms with Crippen LogP contribution in [-0.2, 0) is 4.79 Å². The Hall–Kier alpha value is -2.53. The molecule has 1 aromatic rings. The fourth-order valence-corrected chi connectivity index (χ4v) is 1.60. The lowest BCUT2D eigenvalue weighted by Gasteiger charge is -2.16. The van der Waals surface area contributed by atoms with Gasteiger partial charge in [0, 0.05) is 0 Å². The van der Waals surface area contributed by atoms with E-state index in [4.69, 9.17) is 15.3 Å². The highest BCUT2D eigenvalue weighted by Gasteiger charge is 2.13. The summed E-state index contributed by atoms with van der Waals surface area (Å²) < 4.78 is 5.42. The van der Waals surface area contributed by atoms with Gasteiger partial charge in [0.2, 0.25) is 0 Å². The summed E-state index contributed by atoms with van der Waals surface area (Å²) in [6.45, 7) is 3.48. The topological polar surface area (TPSA) is 77.1 Å². The number of amides is 1. The van der Waals surface area contributed by atoms with Crippen molar-refractivity contribution in [2.45, 2.75) is 13.8 Å². The third-order valence-electron chi connectivity index (χ3n) is 2.56. The lowest BCUT2D eigenvalue weighted by molar-refractivity contribution is -0.132. The molecule has 1 aromatic carbocycles. The van der Waals surface area contributed by atoms with Crippen LogP contribution < -0.4 is 4.74 Å². The van der Waals surface area contributed by atoms with E-state index in [1.54, 1.807) is 6.07 Å². The smallest absolute Gasteiger partial charge is 0.262 e. The molecule has 1 amide bonds. The fourth-order valence-electron chi connectivity index (χ4n) is 1.60. The Kier molecular flexibility index (Phi) is 5.37. The predicted molar refractivity (Wildman–Crippen MR) is 69.2 cm³/mol. The Bertz CT molecular complexity index is 525. The molecule has 19 heavy (non-hydrogen) atoms. The molecule has 0 spiro atoms. The van der Waals surface area contributed by atoms with E-state index in [0.717, 1.165) is 16.0 Å². The molecule has 0 bridgehead atoms. The molecule has 0 N–H and O–H groups in total. The van der Waals surface area contributed by atoms with Gasteiger partial charge in [-0.05, 0) is 25.5 Å². The van der Waals surface area contributed by atoms with Crippen LogP contribution in [-0.4, -0.2) is 30.5 Å². The van der Waals surface area contributed by atoms with Gasteiger partial charge < -0.3 is 9.64 Å². The minimum atomic E-state index is -0.372. The lowest BCUT2D eigenvalue weighted by atomic mass is 10.1. The summed E-state index contributed by atoms with van der Waals surface area (Å²) in [5.74, 6) is 0.260. The van der Waals surface area contributed by atoms with Crippen molar-refractivity contribution in [1.82, 2.24) is 4.90 Å². The van der Waals surface area contributed by atoms with Crippen molar-refractivity contribution < 1.29 is 9.53 Å². The molecule has 0 saturated heterocycles. The number of benzene rings is 1.